The number of carbonyl (C=O) groups is 2. The molecule has 0 aromatic carbocycles. The molecule has 3 rings (SSSR count). The first-order chi connectivity index (χ1) is 10.8. The first kappa shape index (κ1) is 16.3. The Morgan fingerprint density at radius 3 is 2.70 bits per heavy atom. The third-order valence-electron chi connectivity index (χ3n) is 3.62. The maximum absolute atomic E-state index is 11.2. The summed E-state index contributed by atoms with van der Waals surface area (Å²) in [5.74, 6) is -1.75. The fourth-order valence-corrected chi connectivity index (χ4v) is 3.62. The molecule has 1 amide bonds. The van der Waals surface area contributed by atoms with E-state index in [1.165, 1.54) is 18.3 Å². The number of hydrogen-bond donors (Lipinski definition) is 1. The van der Waals surface area contributed by atoms with Crippen molar-refractivity contribution < 1.29 is 28.5 Å². The Morgan fingerprint density at radius 2 is 2.09 bits per heavy atom. The van der Waals surface area contributed by atoms with Crippen molar-refractivity contribution in [2.24, 2.45) is 5.73 Å². The Bertz CT molecular complexity index is 631. The minimum Gasteiger partial charge on any atom is -0.463 e. The number of rotatable bonds is 4. The number of thiazole rings is 1. The molecule has 2 fully saturated rings. The molecule has 9 heteroatoms. The van der Waals surface area contributed by atoms with Gasteiger partial charge in [0.2, 0.25) is 0 Å². The van der Waals surface area contributed by atoms with Gasteiger partial charge in [0, 0.05) is 12.3 Å². The summed E-state index contributed by atoms with van der Waals surface area (Å²) < 4.78 is 22.7. The molecule has 0 aliphatic carbocycles. The van der Waals surface area contributed by atoms with Crippen LogP contribution in [0.2, 0.25) is 0 Å². The molecular weight excluding hydrogens is 324 g/mol. The van der Waals surface area contributed by atoms with E-state index in [2.05, 4.69) is 4.98 Å². The van der Waals surface area contributed by atoms with Gasteiger partial charge < -0.3 is 24.7 Å². The van der Waals surface area contributed by atoms with Crippen LogP contribution in [0.5, 0.6) is 0 Å². The number of aromatic nitrogens is 1. The zero-order chi connectivity index (χ0) is 16.8. The quantitative estimate of drug-likeness (QED) is 0.805. The molecular formula is C14H18N2O6S. The molecule has 8 nitrogen and oxygen atoms in total. The van der Waals surface area contributed by atoms with Crippen molar-refractivity contribution in [1.82, 2.24) is 4.98 Å². The van der Waals surface area contributed by atoms with Crippen molar-refractivity contribution in [2.75, 3.05) is 6.61 Å². The Labute approximate surface area is 136 Å². The van der Waals surface area contributed by atoms with Crippen LogP contribution in [-0.2, 0) is 23.7 Å². The van der Waals surface area contributed by atoms with E-state index >= 15 is 0 Å². The van der Waals surface area contributed by atoms with Crippen molar-refractivity contribution in [3.8, 4) is 0 Å². The average Bonchev–Trinajstić information content (AvgIpc) is 3.09. The number of primary amides is 1. The van der Waals surface area contributed by atoms with Gasteiger partial charge in [0.05, 0.1) is 0 Å². The van der Waals surface area contributed by atoms with E-state index in [0.717, 1.165) is 0 Å². The average molecular weight is 342 g/mol. The van der Waals surface area contributed by atoms with Crippen LogP contribution in [0.3, 0.4) is 0 Å². The van der Waals surface area contributed by atoms with Gasteiger partial charge in [0.1, 0.15) is 41.7 Å². The Morgan fingerprint density at radius 1 is 1.39 bits per heavy atom. The van der Waals surface area contributed by atoms with Crippen molar-refractivity contribution >= 4 is 23.2 Å². The normalized spacial score (nSPS) is 31.8. The van der Waals surface area contributed by atoms with Crippen molar-refractivity contribution in [3.05, 3.63) is 16.1 Å². The standard InChI is InChI=1S/C14H18N2O6S/c1-6(17)19-4-8-9-10(22-14(2,3)21-9)11(20-8)13-16-7(5-23-13)12(15)18/h5,8-11H,4H2,1-3H3,(H2,15,18)/t8-,9-,10-,11-/m1/s1. The van der Waals surface area contributed by atoms with Gasteiger partial charge in [-0.15, -0.1) is 11.3 Å². The van der Waals surface area contributed by atoms with E-state index in [4.69, 9.17) is 24.7 Å². The number of hydrogen-bond acceptors (Lipinski definition) is 8. The highest BCUT2D eigenvalue weighted by atomic mass is 32.1. The predicted octanol–water partition coefficient (Wildman–Crippen LogP) is 0.765. The van der Waals surface area contributed by atoms with E-state index in [-0.39, 0.29) is 18.4 Å². The zero-order valence-corrected chi connectivity index (χ0v) is 13.8. The van der Waals surface area contributed by atoms with Gasteiger partial charge in [-0.2, -0.15) is 0 Å². The van der Waals surface area contributed by atoms with Crippen LogP contribution in [0.1, 0.15) is 42.4 Å². The molecule has 2 saturated heterocycles. The SMILES string of the molecule is CC(=O)OC[C@H]1O[C@@H](c2nc(C(N)=O)cs2)[C@@H]2OC(C)(C)O[C@@H]21. The van der Waals surface area contributed by atoms with Crippen LogP contribution in [0, 0.1) is 0 Å². The second-order valence-corrected chi connectivity index (χ2v) is 6.79. The lowest BCUT2D eigenvalue weighted by Crippen LogP contribution is -2.33. The second kappa shape index (κ2) is 5.82. The van der Waals surface area contributed by atoms with Crippen molar-refractivity contribution in [3.63, 3.8) is 0 Å². The maximum atomic E-state index is 11.2. The molecule has 1 aromatic heterocycles. The van der Waals surface area contributed by atoms with Gasteiger partial charge in [-0.1, -0.05) is 0 Å². The topological polar surface area (TPSA) is 110 Å². The predicted molar refractivity (Wildman–Crippen MR) is 78.7 cm³/mol. The van der Waals surface area contributed by atoms with E-state index in [9.17, 15) is 9.59 Å². The third-order valence-corrected chi connectivity index (χ3v) is 4.52. The molecule has 1 aromatic rings. The molecule has 2 aliphatic rings. The van der Waals surface area contributed by atoms with Crippen LogP contribution in [0.15, 0.2) is 5.38 Å². The second-order valence-electron chi connectivity index (χ2n) is 5.90. The molecule has 23 heavy (non-hydrogen) atoms. The molecule has 2 N–H and O–H groups in total. The fourth-order valence-electron chi connectivity index (χ4n) is 2.75. The lowest BCUT2D eigenvalue weighted by molar-refractivity contribution is -0.193. The van der Waals surface area contributed by atoms with Crippen LogP contribution in [0.4, 0.5) is 0 Å². The van der Waals surface area contributed by atoms with E-state index < -0.39 is 36.0 Å². The molecule has 0 saturated carbocycles. The van der Waals surface area contributed by atoms with Gasteiger partial charge in [-0.3, -0.25) is 9.59 Å². The Kier molecular flexibility index (Phi) is 4.13. The summed E-state index contributed by atoms with van der Waals surface area (Å²) in [5, 5.41) is 2.16. The Balaban J connectivity index is 1.82. The number of carbonyl (C=O) groups excluding carboxylic acids is 2. The highest BCUT2D eigenvalue weighted by molar-refractivity contribution is 7.09. The van der Waals surface area contributed by atoms with Gasteiger partial charge in [-0.25, -0.2) is 4.98 Å². The van der Waals surface area contributed by atoms with Gasteiger partial charge in [0.25, 0.3) is 5.91 Å². The molecule has 3 heterocycles. The molecule has 0 spiro atoms. The summed E-state index contributed by atoms with van der Waals surface area (Å²) in [6.07, 6.45) is -1.73. The van der Waals surface area contributed by atoms with Gasteiger partial charge in [-0.05, 0) is 13.8 Å². The summed E-state index contributed by atoms with van der Waals surface area (Å²) in [4.78, 5) is 26.5. The number of nitrogens with zero attached hydrogens (tertiary/aromatic N) is 1. The zero-order valence-electron chi connectivity index (χ0n) is 13.0. The lowest BCUT2D eigenvalue weighted by atomic mass is 10.1. The Hall–Kier alpha value is -1.55. The number of amides is 1. The molecule has 0 unspecified atom stereocenters. The molecule has 0 bridgehead atoms. The molecule has 2 aliphatic heterocycles. The van der Waals surface area contributed by atoms with Crippen LogP contribution < -0.4 is 5.73 Å². The number of nitrogens with two attached hydrogens (primary N) is 1. The lowest BCUT2D eigenvalue weighted by Gasteiger charge is -2.23. The highest BCUT2D eigenvalue weighted by Gasteiger charge is 2.56. The van der Waals surface area contributed by atoms with Crippen LogP contribution in [0.25, 0.3) is 0 Å². The monoisotopic (exact) mass is 342 g/mol. The highest BCUT2D eigenvalue weighted by Crippen LogP contribution is 2.45. The maximum Gasteiger partial charge on any atom is 0.302 e. The summed E-state index contributed by atoms with van der Waals surface area (Å²) >= 11 is 1.27. The first-order valence-electron chi connectivity index (χ1n) is 7.16. The number of fused-ring (bicyclic) bond motifs is 1. The fraction of sp³-hybridized carbons (Fsp3) is 0.643. The van der Waals surface area contributed by atoms with E-state index in [1.54, 1.807) is 5.38 Å². The molecule has 0 radical (unpaired) electrons. The summed E-state index contributed by atoms with van der Waals surface area (Å²) in [6, 6.07) is 0. The summed E-state index contributed by atoms with van der Waals surface area (Å²) in [7, 11) is 0. The van der Waals surface area contributed by atoms with E-state index in [0.29, 0.717) is 5.01 Å². The minimum absolute atomic E-state index is 0.0699. The molecule has 4 atom stereocenters. The van der Waals surface area contributed by atoms with Crippen molar-refractivity contribution in [1.29, 1.82) is 0 Å². The third kappa shape index (κ3) is 3.23. The number of ether oxygens (including phenoxy) is 4. The number of esters is 1. The van der Waals surface area contributed by atoms with Crippen molar-refractivity contribution in [2.45, 2.75) is 51.0 Å². The van der Waals surface area contributed by atoms with Crippen LogP contribution >= 0.6 is 11.3 Å². The van der Waals surface area contributed by atoms with Crippen LogP contribution in [-0.4, -0.2) is 47.6 Å². The van der Waals surface area contributed by atoms with E-state index in [1.807, 2.05) is 13.8 Å². The largest absolute Gasteiger partial charge is 0.463 e. The minimum atomic E-state index is -0.768. The first-order valence-corrected chi connectivity index (χ1v) is 8.04. The summed E-state index contributed by atoms with van der Waals surface area (Å²) in [6.45, 7) is 5.02. The summed E-state index contributed by atoms with van der Waals surface area (Å²) in [5.41, 5.74) is 5.42. The van der Waals surface area contributed by atoms with Gasteiger partial charge >= 0.3 is 5.97 Å². The molecule has 126 valence electrons. The smallest absolute Gasteiger partial charge is 0.302 e. The van der Waals surface area contributed by atoms with Gasteiger partial charge in [0.15, 0.2) is 5.79 Å².